The van der Waals surface area contributed by atoms with Crippen LogP contribution in [0.4, 0.5) is 5.69 Å². The van der Waals surface area contributed by atoms with Crippen LogP contribution in [-0.2, 0) is 29.0 Å². The van der Waals surface area contributed by atoms with Gasteiger partial charge in [-0.3, -0.25) is 19.7 Å². The Morgan fingerprint density at radius 2 is 1.65 bits per heavy atom. The van der Waals surface area contributed by atoms with Gasteiger partial charge in [-0.05, 0) is 29.2 Å². The first-order valence-electron chi connectivity index (χ1n) is 12.2. The second kappa shape index (κ2) is 13.2. The van der Waals surface area contributed by atoms with Gasteiger partial charge in [0.2, 0.25) is 11.8 Å². The molecule has 8 heteroatoms. The Bertz CT molecular complexity index is 1210. The Morgan fingerprint density at radius 1 is 0.973 bits per heavy atom. The summed E-state index contributed by atoms with van der Waals surface area (Å²) in [6.07, 6.45) is 0.0984. The quantitative estimate of drug-likeness (QED) is 0.288. The van der Waals surface area contributed by atoms with Gasteiger partial charge in [0.1, 0.15) is 11.8 Å². The highest BCUT2D eigenvalue weighted by molar-refractivity contribution is 5.89. The summed E-state index contributed by atoms with van der Waals surface area (Å²) in [6.45, 7) is 4.61. The number of rotatable bonds is 12. The van der Waals surface area contributed by atoms with Crippen molar-refractivity contribution in [2.24, 2.45) is 5.92 Å². The van der Waals surface area contributed by atoms with Gasteiger partial charge in [0, 0.05) is 31.1 Å². The molecule has 0 aliphatic heterocycles. The molecule has 8 nitrogen and oxygen atoms in total. The molecule has 2 amide bonds. The number of ether oxygens (including phenoxy) is 1. The zero-order valence-electron chi connectivity index (χ0n) is 21.4. The van der Waals surface area contributed by atoms with E-state index in [-0.39, 0.29) is 36.4 Å². The topological polar surface area (TPSA) is 102 Å². The van der Waals surface area contributed by atoms with Crippen molar-refractivity contribution in [1.29, 1.82) is 0 Å². The molecule has 0 heterocycles. The number of nitro benzene ring substituents is 1. The molecule has 194 valence electrons. The van der Waals surface area contributed by atoms with Crippen molar-refractivity contribution in [2.45, 2.75) is 39.3 Å². The summed E-state index contributed by atoms with van der Waals surface area (Å²) in [5.74, 6) is 0.220. The van der Waals surface area contributed by atoms with E-state index in [2.05, 4.69) is 5.32 Å². The van der Waals surface area contributed by atoms with E-state index in [9.17, 15) is 19.7 Å². The number of methoxy groups -OCH3 is 1. The fourth-order valence-electron chi connectivity index (χ4n) is 4.05. The molecule has 37 heavy (non-hydrogen) atoms. The molecule has 0 spiro atoms. The third kappa shape index (κ3) is 7.90. The summed E-state index contributed by atoms with van der Waals surface area (Å²) in [5, 5.41) is 14.5. The van der Waals surface area contributed by atoms with Gasteiger partial charge < -0.3 is 15.0 Å². The number of hydrogen-bond acceptors (Lipinski definition) is 5. The SMILES string of the molecule is COc1cccc(CN(C(=O)Cc2ccccc2[N+](=O)[O-])[C@H](Cc2ccccc2)C(=O)NCC(C)C)c1. The predicted octanol–water partition coefficient (Wildman–Crippen LogP) is 4.56. The monoisotopic (exact) mass is 503 g/mol. The lowest BCUT2D eigenvalue weighted by Gasteiger charge is -2.32. The molecule has 1 atom stereocenters. The molecule has 0 aliphatic rings. The Labute approximate surface area is 217 Å². The maximum absolute atomic E-state index is 13.8. The number of nitrogens with zero attached hydrogens (tertiary/aromatic N) is 2. The number of para-hydroxylation sites is 1. The molecule has 0 saturated carbocycles. The Hall–Kier alpha value is -4.20. The van der Waals surface area contributed by atoms with Gasteiger partial charge in [-0.25, -0.2) is 0 Å². The number of nitro groups is 1. The van der Waals surface area contributed by atoms with E-state index in [1.165, 1.54) is 11.0 Å². The third-order valence-corrected chi connectivity index (χ3v) is 5.97. The van der Waals surface area contributed by atoms with Crippen LogP contribution in [0, 0.1) is 16.0 Å². The first kappa shape index (κ1) is 27.4. The maximum atomic E-state index is 13.8. The predicted molar refractivity (Wildman–Crippen MR) is 142 cm³/mol. The molecule has 0 fully saturated rings. The molecular weight excluding hydrogens is 470 g/mol. The van der Waals surface area contributed by atoms with Gasteiger partial charge in [-0.15, -0.1) is 0 Å². The molecule has 0 radical (unpaired) electrons. The second-order valence-electron chi connectivity index (χ2n) is 9.28. The zero-order valence-corrected chi connectivity index (χ0v) is 21.4. The van der Waals surface area contributed by atoms with Crippen LogP contribution in [0.2, 0.25) is 0 Å². The van der Waals surface area contributed by atoms with Crippen LogP contribution in [0.3, 0.4) is 0 Å². The van der Waals surface area contributed by atoms with E-state index in [0.717, 1.165) is 11.1 Å². The second-order valence-corrected chi connectivity index (χ2v) is 9.28. The molecule has 0 saturated heterocycles. The molecule has 0 unspecified atom stereocenters. The van der Waals surface area contributed by atoms with E-state index >= 15 is 0 Å². The summed E-state index contributed by atoms with van der Waals surface area (Å²) >= 11 is 0. The van der Waals surface area contributed by atoms with Crippen molar-refractivity contribution in [1.82, 2.24) is 10.2 Å². The van der Waals surface area contributed by atoms with Crippen molar-refractivity contribution in [3.05, 3.63) is 106 Å². The van der Waals surface area contributed by atoms with Gasteiger partial charge >= 0.3 is 0 Å². The molecule has 1 N–H and O–H groups in total. The van der Waals surface area contributed by atoms with Crippen molar-refractivity contribution in [3.63, 3.8) is 0 Å². The zero-order chi connectivity index (χ0) is 26.8. The van der Waals surface area contributed by atoms with Crippen molar-refractivity contribution >= 4 is 17.5 Å². The number of hydrogen-bond donors (Lipinski definition) is 1. The average Bonchev–Trinajstić information content (AvgIpc) is 2.90. The van der Waals surface area contributed by atoms with Crippen molar-refractivity contribution in [2.75, 3.05) is 13.7 Å². The van der Waals surface area contributed by atoms with E-state index < -0.39 is 11.0 Å². The number of nitrogens with one attached hydrogen (secondary N) is 1. The maximum Gasteiger partial charge on any atom is 0.273 e. The third-order valence-electron chi connectivity index (χ3n) is 5.97. The summed E-state index contributed by atoms with van der Waals surface area (Å²) in [6, 6.07) is 22.2. The molecule has 0 aromatic heterocycles. The smallest absolute Gasteiger partial charge is 0.273 e. The number of amides is 2. The minimum atomic E-state index is -0.817. The van der Waals surface area contributed by atoms with Crippen LogP contribution in [-0.4, -0.2) is 41.3 Å². The van der Waals surface area contributed by atoms with E-state index in [0.29, 0.717) is 24.3 Å². The highest BCUT2D eigenvalue weighted by atomic mass is 16.6. The summed E-state index contributed by atoms with van der Waals surface area (Å²) in [5.41, 5.74) is 1.86. The van der Waals surface area contributed by atoms with E-state index in [1.54, 1.807) is 31.4 Å². The number of benzene rings is 3. The highest BCUT2D eigenvalue weighted by Crippen LogP contribution is 2.22. The van der Waals surface area contributed by atoms with Crippen molar-refractivity contribution in [3.8, 4) is 5.75 Å². The molecule has 3 rings (SSSR count). The van der Waals surface area contributed by atoms with Gasteiger partial charge in [0.15, 0.2) is 0 Å². The van der Waals surface area contributed by atoms with Crippen molar-refractivity contribution < 1.29 is 19.2 Å². The summed E-state index contributed by atoms with van der Waals surface area (Å²) in [4.78, 5) is 39.9. The molecule has 0 bridgehead atoms. The van der Waals surface area contributed by atoms with E-state index in [1.807, 2.05) is 62.4 Å². The van der Waals surface area contributed by atoms with Crippen LogP contribution >= 0.6 is 0 Å². The highest BCUT2D eigenvalue weighted by Gasteiger charge is 2.31. The average molecular weight is 504 g/mol. The van der Waals surface area contributed by atoms with Crippen LogP contribution in [0.1, 0.15) is 30.5 Å². The fraction of sp³-hybridized carbons (Fsp3) is 0.310. The van der Waals surface area contributed by atoms with Gasteiger partial charge in [-0.1, -0.05) is 74.5 Å². The van der Waals surface area contributed by atoms with Crippen LogP contribution in [0.5, 0.6) is 5.75 Å². The van der Waals surface area contributed by atoms with Gasteiger partial charge in [0.05, 0.1) is 18.5 Å². The normalized spacial score (nSPS) is 11.6. The lowest BCUT2D eigenvalue weighted by atomic mass is 10.0. The van der Waals surface area contributed by atoms with Gasteiger partial charge in [0.25, 0.3) is 5.69 Å². The Morgan fingerprint density at radius 3 is 2.32 bits per heavy atom. The molecular formula is C29H33N3O5. The summed E-state index contributed by atoms with van der Waals surface area (Å²) in [7, 11) is 1.56. The van der Waals surface area contributed by atoms with Crippen LogP contribution < -0.4 is 10.1 Å². The number of carbonyl (C=O) groups excluding carboxylic acids is 2. The van der Waals surface area contributed by atoms with Crippen LogP contribution in [0.25, 0.3) is 0 Å². The largest absolute Gasteiger partial charge is 0.497 e. The lowest BCUT2D eigenvalue weighted by Crippen LogP contribution is -2.51. The first-order chi connectivity index (χ1) is 17.8. The summed E-state index contributed by atoms with van der Waals surface area (Å²) < 4.78 is 5.35. The van der Waals surface area contributed by atoms with Crippen LogP contribution in [0.15, 0.2) is 78.9 Å². The first-order valence-corrected chi connectivity index (χ1v) is 12.2. The fourth-order valence-corrected chi connectivity index (χ4v) is 4.05. The minimum absolute atomic E-state index is 0.124. The van der Waals surface area contributed by atoms with Gasteiger partial charge in [-0.2, -0.15) is 0 Å². The molecule has 3 aromatic rings. The Balaban J connectivity index is 2.01. The van der Waals surface area contributed by atoms with E-state index in [4.69, 9.17) is 4.74 Å². The Kier molecular flexibility index (Phi) is 9.77. The standard InChI is InChI=1S/C29H33N3O5/c1-21(2)19-30-29(34)27(17-22-10-5-4-6-11-22)31(20-23-12-9-14-25(16-23)37-3)28(33)18-24-13-7-8-15-26(24)32(35)36/h4-16,21,27H,17-20H2,1-3H3,(H,30,34)/t27-/m1/s1. The minimum Gasteiger partial charge on any atom is -0.497 e. The molecule has 0 aliphatic carbocycles. The lowest BCUT2D eigenvalue weighted by molar-refractivity contribution is -0.385. The number of carbonyl (C=O) groups is 2. The molecule has 3 aromatic carbocycles.